The van der Waals surface area contributed by atoms with Crippen LogP contribution in [-0.4, -0.2) is 11.7 Å². The second-order valence-corrected chi connectivity index (χ2v) is 7.08. The first kappa shape index (κ1) is 15.5. The predicted molar refractivity (Wildman–Crippen MR) is 84.0 cm³/mol. The van der Waals surface area contributed by atoms with Gasteiger partial charge in [-0.3, -0.25) is 0 Å². The summed E-state index contributed by atoms with van der Waals surface area (Å²) in [5, 5.41) is 0.320. The Morgan fingerprint density at radius 2 is 1.82 bits per heavy atom. The number of alkyl halides is 3. The summed E-state index contributed by atoms with van der Waals surface area (Å²) in [6.07, 6.45) is -1.42. The summed E-state index contributed by atoms with van der Waals surface area (Å²) < 4.78 is 41.0. The molecule has 1 aliphatic carbocycles. The van der Waals surface area contributed by atoms with Crippen LogP contribution in [0, 0.1) is 0 Å². The Balaban J connectivity index is 2.36. The van der Waals surface area contributed by atoms with Crippen LogP contribution in [0.3, 0.4) is 0 Å². The van der Waals surface area contributed by atoms with Gasteiger partial charge < -0.3 is 4.90 Å². The standard InChI is InChI=1S/C17H17ClF3N/c1-16(2,3)22-13-6-4-5-11(13)15(17(19,20)21)12-9-10(18)7-8-14(12)22/h6-9H,4-5H2,1-3H3. The SMILES string of the molecule is CC(C)(C)N1C2=CCCC2=C(C(F)(F)F)c2cc(Cl)ccc21. The number of halogens is 4. The van der Waals surface area contributed by atoms with E-state index in [-0.39, 0.29) is 11.1 Å². The molecule has 1 nitrogen and oxygen atoms in total. The molecule has 2 aliphatic rings. The van der Waals surface area contributed by atoms with Gasteiger partial charge in [-0.1, -0.05) is 17.7 Å². The number of nitrogens with zero attached hydrogens (tertiary/aromatic N) is 1. The van der Waals surface area contributed by atoms with E-state index in [4.69, 9.17) is 11.6 Å². The molecule has 0 amide bonds. The van der Waals surface area contributed by atoms with Gasteiger partial charge in [0.2, 0.25) is 0 Å². The van der Waals surface area contributed by atoms with Crippen molar-refractivity contribution in [3.05, 3.63) is 46.1 Å². The Bertz CT molecular complexity index is 693. The maximum Gasteiger partial charge on any atom is 0.417 e. The zero-order valence-corrected chi connectivity index (χ0v) is 13.4. The molecule has 0 spiro atoms. The van der Waals surface area contributed by atoms with Crippen LogP contribution < -0.4 is 4.90 Å². The minimum absolute atomic E-state index is 0.184. The molecule has 1 aromatic rings. The van der Waals surface area contributed by atoms with Crippen molar-refractivity contribution in [1.82, 2.24) is 0 Å². The Morgan fingerprint density at radius 3 is 2.41 bits per heavy atom. The number of allylic oxidation sites excluding steroid dienone is 3. The molecule has 0 atom stereocenters. The second-order valence-electron chi connectivity index (χ2n) is 6.65. The number of fused-ring (bicyclic) bond motifs is 2. The smallest absolute Gasteiger partial charge is 0.336 e. The molecule has 0 saturated heterocycles. The zero-order valence-electron chi connectivity index (χ0n) is 12.7. The first-order valence-electron chi connectivity index (χ1n) is 7.22. The monoisotopic (exact) mass is 327 g/mol. The minimum Gasteiger partial charge on any atom is -0.336 e. The van der Waals surface area contributed by atoms with Gasteiger partial charge in [-0.05, 0) is 57.4 Å². The van der Waals surface area contributed by atoms with Gasteiger partial charge in [0.25, 0.3) is 0 Å². The molecule has 1 heterocycles. The van der Waals surface area contributed by atoms with Gasteiger partial charge in [-0.15, -0.1) is 0 Å². The lowest BCUT2D eigenvalue weighted by Gasteiger charge is -2.44. The summed E-state index contributed by atoms with van der Waals surface area (Å²) in [5.41, 5.74) is 0.979. The molecule has 1 aliphatic heterocycles. The number of anilines is 1. The maximum absolute atomic E-state index is 13.7. The molecule has 0 aromatic heterocycles. The van der Waals surface area contributed by atoms with Crippen molar-refractivity contribution in [2.24, 2.45) is 0 Å². The lowest BCUT2D eigenvalue weighted by molar-refractivity contribution is -0.0695. The molecule has 5 heteroatoms. The molecule has 1 aromatic carbocycles. The van der Waals surface area contributed by atoms with E-state index < -0.39 is 11.7 Å². The fourth-order valence-electron chi connectivity index (χ4n) is 3.33. The van der Waals surface area contributed by atoms with Gasteiger partial charge in [0, 0.05) is 27.5 Å². The van der Waals surface area contributed by atoms with Crippen LogP contribution in [0.25, 0.3) is 5.57 Å². The second kappa shape index (κ2) is 4.79. The van der Waals surface area contributed by atoms with Crippen LogP contribution in [0.1, 0.15) is 39.2 Å². The van der Waals surface area contributed by atoms with E-state index in [2.05, 4.69) is 0 Å². The summed E-state index contributed by atoms with van der Waals surface area (Å²) >= 11 is 5.97. The highest BCUT2D eigenvalue weighted by atomic mass is 35.5. The van der Waals surface area contributed by atoms with Gasteiger partial charge in [-0.2, -0.15) is 13.2 Å². The fourth-order valence-corrected chi connectivity index (χ4v) is 3.50. The Labute approximate surface area is 133 Å². The van der Waals surface area contributed by atoms with Crippen molar-refractivity contribution in [2.75, 3.05) is 4.90 Å². The van der Waals surface area contributed by atoms with Crippen LogP contribution >= 0.6 is 11.6 Å². The van der Waals surface area contributed by atoms with Gasteiger partial charge in [0.1, 0.15) is 0 Å². The molecular weight excluding hydrogens is 311 g/mol. The zero-order chi connectivity index (χ0) is 16.3. The summed E-state index contributed by atoms with van der Waals surface area (Å²) in [7, 11) is 0. The highest BCUT2D eigenvalue weighted by molar-refractivity contribution is 6.31. The summed E-state index contributed by atoms with van der Waals surface area (Å²) in [5.74, 6) is 0. The number of hydrogen-bond donors (Lipinski definition) is 0. The molecular formula is C17H17ClF3N. The Morgan fingerprint density at radius 1 is 1.14 bits per heavy atom. The van der Waals surface area contributed by atoms with E-state index >= 15 is 0 Å². The third kappa shape index (κ3) is 2.34. The van der Waals surface area contributed by atoms with E-state index in [1.165, 1.54) is 6.07 Å². The molecule has 0 fully saturated rings. The topological polar surface area (TPSA) is 3.24 Å². The van der Waals surface area contributed by atoms with Crippen molar-refractivity contribution in [3.63, 3.8) is 0 Å². The van der Waals surface area contributed by atoms with Gasteiger partial charge in [0.05, 0.1) is 5.57 Å². The van der Waals surface area contributed by atoms with E-state index in [0.717, 1.165) is 0 Å². The molecule has 0 unspecified atom stereocenters. The number of rotatable bonds is 0. The third-order valence-electron chi connectivity index (χ3n) is 4.01. The van der Waals surface area contributed by atoms with Gasteiger partial charge in [0.15, 0.2) is 0 Å². The summed E-state index contributed by atoms with van der Waals surface area (Å²) in [4.78, 5) is 2.00. The first-order chi connectivity index (χ1) is 10.1. The summed E-state index contributed by atoms with van der Waals surface area (Å²) in [6.45, 7) is 6.00. The van der Waals surface area contributed by atoms with Crippen molar-refractivity contribution >= 4 is 22.9 Å². The molecule has 22 heavy (non-hydrogen) atoms. The maximum atomic E-state index is 13.7. The van der Waals surface area contributed by atoms with Crippen molar-refractivity contribution < 1.29 is 13.2 Å². The van der Waals surface area contributed by atoms with Gasteiger partial charge in [-0.25, -0.2) is 0 Å². The quantitative estimate of drug-likeness (QED) is 0.569. The van der Waals surface area contributed by atoms with Crippen LogP contribution in [0.15, 0.2) is 35.5 Å². The third-order valence-corrected chi connectivity index (χ3v) is 4.24. The van der Waals surface area contributed by atoms with E-state index in [9.17, 15) is 13.2 Å². The molecule has 0 N–H and O–H groups in total. The fraction of sp³-hybridized carbons (Fsp3) is 0.412. The molecule has 0 radical (unpaired) electrons. The Hall–Kier alpha value is -1.42. The highest BCUT2D eigenvalue weighted by Crippen LogP contribution is 2.52. The molecule has 0 saturated carbocycles. The largest absolute Gasteiger partial charge is 0.417 e. The van der Waals surface area contributed by atoms with Crippen LogP contribution in [0.2, 0.25) is 5.02 Å². The molecule has 0 bridgehead atoms. The van der Waals surface area contributed by atoms with Crippen LogP contribution in [0.4, 0.5) is 18.9 Å². The molecule has 118 valence electrons. The van der Waals surface area contributed by atoms with Crippen molar-refractivity contribution in [2.45, 2.75) is 45.3 Å². The number of hydrogen-bond acceptors (Lipinski definition) is 1. The van der Waals surface area contributed by atoms with Crippen molar-refractivity contribution in [1.29, 1.82) is 0 Å². The summed E-state index contributed by atoms with van der Waals surface area (Å²) in [6, 6.07) is 4.76. The number of benzene rings is 1. The van der Waals surface area contributed by atoms with Crippen LogP contribution in [0.5, 0.6) is 0 Å². The average molecular weight is 328 g/mol. The lowest BCUT2D eigenvalue weighted by Crippen LogP contribution is -2.43. The highest BCUT2D eigenvalue weighted by Gasteiger charge is 2.45. The van der Waals surface area contributed by atoms with Crippen molar-refractivity contribution in [3.8, 4) is 0 Å². The van der Waals surface area contributed by atoms with E-state index in [1.54, 1.807) is 12.1 Å². The van der Waals surface area contributed by atoms with Gasteiger partial charge >= 0.3 is 6.18 Å². The average Bonchev–Trinajstić information content (AvgIpc) is 2.80. The predicted octanol–water partition coefficient (Wildman–Crippen LogP) is 5.95. The Kier molecular flexibility index (Phi) is 3.37. The lowest BCUT2D eigenvalue weighted by atomic mass is 9.88. The van der Waals surface area contributed by atoms with Crippen LogP contribution in [-0.2, 0) is 0 Å². The first-order valence-corrected chi connectivity index (χ1v) is 7.59. The van der Waals surface area contributed by atoms with E-state index in [0.29, 0.717) is 34.8 Å². The molecule has 3 rings (SSSR count). The normalized spacial score (nSPS) is 18.3. The minimum atomic E-state index is -4.39. The van der Waals surface area contributed by atoms with E-state index in [1.807, 2.05) is 31.7 Å².